The van der Waals surface area contributed by atoms with E-state index in [0.717, 1.165) is 12.1 Å². The molecular formula is C24H19F3O5. The molecule has 0 aliphatic carbocycles. The predicted molar refractivity (Wildman–Crippen MR) is 112 cm³/mol. The van der Waals surface area contributed by atoms with Crippen LogP contribution in [0.4, 0.5) is 13.2 Å². The maximum Gasteiger partial charge on any atom is 0.416 e. The van der Waals surface area contributed by atoms with Crippen molar-refractivity contribution in [1.82, 2.24) is 0 Å². The summed E-state index contributed by atoms with van der Waals surface area (Å²) < 4.78 is 60.6. The van der Waals surface area contributed by atoms with Crippen LogP contribution in [0.1, 0.15) is 12.5 Å². The molecule has 5 nitrogen and oxygen atoms in total. The molecule has 0 spiro atoms. The van der Waals surface area contributed by atoms with Gasteiger partial charge in [0.05, 0.1) is 5.56 Å². The lowest BCUT2D eigenvalue weighted by Crippen LogP contribution is -2.27. The van der Waals surface area contributed by atoms with E-state index in [4.69, 9.17) is 18.6 Å². The largest absolute Gasteiger partial charge is 0.490 e. The van der Waals surface area contributed by atoms with Crippen LogP contribution in [0.5, 0.6) is 11.5 Å². The normalized spacial score (nSPS) is 12.6. The number of hydrogen-bond acceptors (Lipinski definition) is 5. The molecule has 1 heterocycles. The van der Waals surface area contributed by atoms with Gasteiger partial charge in [0.15, 0.2) is 6.10 Å². The number of hydrogen-bond donors (Lipinski definition) is 0. The van der Waals surface area contributed by atoms with Gasteiger partial charge in [0.1, 0.15) is 35.9 Å². The molecule has 1 aromatic heterocycles. The second kappa shape index (κ2) is 8.82. The van der Waals surface area contributed by atoms with E-state index in [1.807, 2.05) is 18.2 Å². The monoisotopic (exact) mass is 444 g/mol. The van der Waals surface area contributed by atoms with Gasteiger partial charge in [-0.05, 0) is 49.4 Å². The van der Waals surface area contributed by atoms with Crippen LogP contribution in [0.2, 0.25) is 0 Å². The van der Waals surface area contributed by atoms with E-state index in [2.05, 4.69) is 0 Å². The second-order valence-electron chi connectivity index (χ2n) is 7.06. The summed E-state index contributed by atoms with van der Waals surface area (Å²) in [6.45, 7) is 1.80. The lowest BCUT2D eigenvalue weighted by molar-refractivity contribution is -0.151. The van der Waals surface area contributed by atoms with E-state index >= 15 is 0 Å². The second-order valence-corrected chi connectivity index (χ2v) is 7.06. The predicted octanol–water partition coefficient (Wildman–Crippen LogP) is 5.99. The molecule has 0 saturated heterocycles. The lowest BCUT2D eigenvalue weighted by Gasteiger charge is -2.14. The number of halogens is 3. The number of esters is 1. The van der Waals surface area contributed by atoms with Crippen molar-refractivity contribution in [3.63, 3.8) is 0 Å². The average Bonchev–Trinajstić information content (AvgIpc) is 3.13. The van der Waals surface area contributed by atoms with Crippen LogP contribution in [0, 0.1) is 0 Å². The van der Waals surface area contributed by atoms with Crippen molar-refractivity contribution in [2.24, 2.45) is 0 Å². The zero-order chi connectivity index (χ0) is 22.7. The Bertz CT molecular complexity index is 1230. The maximum absolute atomic E-state index is 12.9. The summed E-state index contributed by atoms with van der Waals surface area (Å²) in [7, 11) is 0. The molecule has 166 valence electrons. The summed E-state index contributed by atoms with van der Waals surface area (Å²) in [5.74, 6) is 0.438. The van der Waals surface area contributed by atoms with Crippen LogP contribution in [0.25, 0.3) is 21.9 Å². The van der Waals surface area contributed by atoms with Gasteiger partial charge < -0.3 is 18.6 Å². The number of furan rings is 1. The first kappa shape index (κ1) is 21.5. The fraction of sp³-hybridized carbons (Fsp3) is 0.208. The number of carbonyl (C=O) groups excluding carboxylic acids is 1. The van der Waals surface area contributed by atoms with E-state index in [1.54, 1.807) is 31.2 Å². The first-order chi connectivity index (χ1) is 15.3. The summed E-state index contributed by atoms with van der Waals surface area (Å²) in [6.07, 6.45) is -5.35. The van der Waals surface area contributed by atoms with Crippen molar-refractivity contribution in [2.45, 2.75) is 19.2 Å². The Kier molecular flexibility index (Phi) is 5.94. The number of benzene rings is 3. The molecule has 32 heavy (non-hydrogen) atoms. The highest BCUT2D eigenvalue weighted by atomic mass is 19.4. The van der Waals surface area contributed by atoms with Gasteiger partial charge >= 0.3 is 12.1 Å². The highest BCUT2D eigenvalue weighted by Gasteiger charge is 2.31. The zero-order valence-electron chi connectivity index (χ0n) is 17.0. The van der Waals surface area contributed by atoms with Crippen molar-refractivity contribution >= 4 is 27.9 Å². The zero-order valence-corrected chi connectivity index (χ0v) is 17.0. The first-order valence-corrected chi connectivity index (χ1v) is 9.86. The highest BCUT2D eigenvalue weighted by Crippen LogP contribution is 2.36. The van der Waals surface area contributed by atoms with E-state index in [1.165, 1.54) is 12.1 Å². The fourth-order valence-electron chi connectivity index (χ4n) is 3.20. The van der Waals surface area contributed by atoms with E-state index in [9.17, 15) is 18.0 Å². The lowest BCUT2D eigenvalue weighted by atomic mass is 10.1. The summed E-state index contributed by atoms with van der Waals surface area (Å²) in [4.78, 5) is 12.2. The molecule has 8 heteroatoms. The minimum atomic E-state index is -4.45. The number of para-hydroxylation sites is 1. The minimum absolute atomic E-state index is 0.0611. The number of ether oxygens (including phenoxy) is 3. The molecule has 0 saturated carbocycles. The minimum Gasteiger partial charge on any atom is -0.490 e. The fourth-order valence-corrected chi connectivity index (χ4v) is 3.20. The van der Waals surface area contributed by atoms with Crippen LogP contribution >= 0.6 is 0 Å². The summed E-state index contributed by atoms with van der Waals surface area (Å²) in [5.41, 5.74) is -0.306. The van der Waals surface area contributed by atoms with Crippen LogP contribution in [-0.4, -0.2) is 25.3 Å². The number of alkyl halides is 3. The summed E-state index contributed by atoms with van der Waals surface area (Å²) in [5, 5.41) is 1.21. The molecule has 3 aromatic carbocycles. The standard InChI is InChI=1S/C24H19F3O5/c1-15(23(28)30-12-11-29-17-5-3-2-4-6-17)31-18-8-10-20-19-9-7-16(24(25,26)27)13-21(19)32-22(20)14-18/h2-10,13-15H,11-12H2,1H3. The topological polar surface area (TPSA) is 57.9 Å². The van der Waals surface area contributed by atoms with Crippen LogP contribution in [-0.2, 0) is 15.7 Å². The molecule has 4 rings (SSSR count). The molecular weight excluding hydrogens is 425 g/mol. The highest BCUT2D eigenvalue weighted by molar-refractivity contribution is 6.05. The van der Waals surface area contributed by atoms with Gasteiger partial charge in [0, 0.05) is 16.8 Å². The van der Waals surface area contributed by atoms with Crippen LogP contribution < -0.4 is 9.47 Å². The SMILES string of the molecule is CC(Oc1ccc2c(c1)oc1cc(C(F)(F)F)ccc12)C(=O)OCCOc1ccccc1. The van der Waals surface area contributed by atoms with Gasteiger partial charge in [-0.1, -0.05) is 18.2 Å². The van der Waals surface area contributed by atoms with Crippen molar-refractivity contribution in [3.8, 4) is 11.5 Å². The average molecular weight is 444 g/mol. The number of fused-ring (bicyclic) bond motifs is 3. The first-order valence-electron chi connectivity index (χ1n) is 9.86. The van der Waals surface area contributed by atoms with Gasteiger partial charge in [-0.2, -0.15) is 13.2 Å². The molecule has 0 aliphatic rings. The van der Waals surface area contributed by atoms with Gasteiger partial charge in [-0.15, -0.1) is 0 Å². The molecule has 1 atom stereocenters. The molecule has 0 aliphatic heterocycles. The Labute approximate surface area is 181 Å². The van der Waals surface area contributed by atoms with Gasteiger partial charge in [-0.25, -0.2) is 4.79 Å². The number of carbonyl (C=O) groups is 1. The van der Waals surface area contributed by atoms with E-state index in [-0.39, 0.29) is 18.8 Å². The van der Waals surface area contributed by atoms with E-state index in [0.29, 0.717) is 27.9 Å². The van der Waals surface area contributed by atoms with E-state index < -0.39 is 23.8 Å². The third kappa shape index (κ3) is 4.80. The van der Waals surface area contributed by atoms with Gasteiger partial charge in [-0.3, -0.25) is 0 Å². The third-order valence-electron chi connectivity index (χ3n) is 4.76. The van der Waals surface area contributed by atoms with Crippen molar-refractivity contribution in [3.05, 3.63) is 72.3 Å². The Hall–Kier alpha value is -3.68. The van der Waals surface area contributed by atoms with Crippen molar-refractivity contribution in [1.29, 1.82) is 0 Å². The quantitative estimate of drug-likeness (QED) is 0.259. The van der Waals surface area contributed by atoms with Gasteiger partial charge in [0.2, 0.25) is 0 Å². The van der Waals surface area contributed by atoms with Crippen LogP contribution in [0.15, 0.2) is 71.1 Å². The van der Waals surface area contributed by atoms with Crippen LogP contribution in [0.3, 0.4) is 0 Å². The molecule has 0 fully saturated rings. The summed E-state index contributed by atoms with van der Waals surface area (Å²) in [6, 6.07) is 17.3. The Balaban J connectivity index is 1.38. The smallest absolute Gasteiger partial charge is 0.416 e. The Morgan fingerprint density at radius 3 is 2.31 bits per heavy atom. The number of rotatable bonds is 7. The Morgan fingerprint density at radius 1 is 0.906 bits per heavy atom. The molecule has 0 bridgehead atoms. The third-order valence-corrected chi connectivity index (χ3v) is 4.76. The van der Waals surface area contributed by atoms with Crippen molar-refractivity contribution < 1.29 is 36.6 Å². The summed E-state index contributed by atoms with van der Waals surface area (Å²) >= 11 is 0. The molecule has 0 amide bonds. The molecule has 0 N–H and O–H groups in total. The molecule has 1 unspecified atom stereocenters. The molecule has 0 radical (unpaired) electrons. The van der Waals surface area contributed by atoms with Crippen molar-refractivity contribution in [2.75, 3.05) is 13.2 Å². The van der Waals surface area contributed by atoms with Gasteiger partial charge in [0.25, 0.3) is 0 Å². The Morgan fingerprint density at radius 2 is 1.59 bits per heavy atom. The maximum atomic E-state index is 12.9. The molecule has 4 aromatic rings.